The minimum Gasteiger partial charge on any atom is -0.340 e. The van der Waals surface area contributed by atoms with E-state index in [2.05, 4.69) is 44.8 Å². The van der Waals surface area contributed by atoms with Crippen LogP contribution in [0.15, 0.2) is 0 Å². The van der Waals surface area contributed by atoms with Gasteiger partial charge in [0.2, 0.25) is 5.91 Å². The van der Waals surface area contributed by atoms with Gasteiger partial charge in [-0.15, -0.1) is 0 Å². The van der Waals surface area contributed by atoms with Crippen LogP contribution in [0.2, 0.25) is 0 Å². The van der Waals surface area contributed by atoms with E-state index in [9.17, 15) is 4.79 Å². The summed E-state index contributed by atoms with van der Waals surface area (Å²) in [5.74, 6) is 0.828. The maximum absolute atomic E-state index is 12.5. The van der Waals surface area contributed by atoms with Crippen molar-refractivity contribution >= 4 is 5.91 Å². The number of hydrogen-bond donors (Lipinski definition) is 1. The normalized spacial score (nSPS) is 19.2. The van der Waals surface area contributed by atoms with Crippen LogP contribution in [-0.2, 0) is 4.79 Å². The highest BCUT2D eigenvalue weighted by Crippen LogP contribution is 2.27. The number of nitrogens with one attached hydrogen (secondary N) is 1. The smallest absolute Gasteiger partial charge is 0.223 e. The monoisotopic (exact) mass is 268 g/mol. The summed E-state index contributed by atoms with van der Waals surface area (Å²) in [5, 5.41) is 3.37. The number of carbonyl (C=O) groups excluding carboxylic acids is 1. The summed E-state index contributed by atoms with van der Waals surface area (Å²) in [6.45, 7) is 14.0. The van der Waals surface area contributed by atoms with E-state index in [1.54, 1.807) is 0 Å². The van der Waals surface area contributed by atoms with Crippen molar-refractivity contribution in [2.24, 2.45) is 11.3 Å². The highest BCUT2D eigenvalue weighted by atomic mass is 16.2. The average molecular weight is 268 g/mol. The van der Waals surface area contributed by atoms with Gasteiger partial charge in [0.25, 0.3) is 0 Å². The molecule has 0 aliphatic carbocycles. The summed E-state index contributed by atoms with van der Waals surface area (Å²) in [5.41, 5.74) is 0.311. The second-order valence-electron chi connectivity index (χ2n) is 7.24. The number of amides is 1. The first kappa shape index (κ1) is 16.5. The SMILES string of the molecule is CCN(C(=O)CC(C)CC(C)(C)C)C1CCNCC1. The van der Waals surface area contributed by atoms with Gasteiger partial charge in [0.15, 0.2) is 0 Å². The van der Waals surface area contributed by atoms with Crippen LogP contribution in [0.3, 0.4) is 0 Å². The van der Waals surface area contributed by atoms with Crippen molar-refractivity contribution in [1.82, 2.24) is 10.2 Å². The first-order chi connectivity index (χ1) is 8.83. The Morgan fingerprint density at radius 1 is 1.32 bits per heavy atom. The molecule has 0 spiro atoms. The molecule has 0 aromatic rings. The predicted octanol–water partition coefficient (Wildman–Crippen LogP) is 3.05. The van der Waals surface area contributed by atoms with Crippen molar-refractivity contribution in [2.45, 2.75) is 66.3 Å². The molecular formula is C16H32N2O. The summed E-state index contributed by atoms with van der Waals surface area (Å²) < 4.78 is 0. The highest BCUT2D eigenvalue weighted by molar-refractivity contribution is 5.76. The van der Waals surface area contributed by atoms with Crippen molar-refractivity contribution < 1.29 is 4.79 Å². The molecule has 1 rings (SSSR count). The quantitative estimate of drug-likeness (QED) is 0.831. The van der Waals surface area contributed by atoms with Crippen LogP contribution in [0, 0.1) is 11.3 Å². The van der Waals surface area contributed by atoms with E-state index in [1.165, 1.54) is 0 Å². The molecule has 3 heteroatoms. The second kappa shape index (κ2) is 7.28. The molecule has 1 aliphatic rings. The summed E-state index contributed by atoms with van der Waals surface area (Å²) in [4.78, 5) is 14.6. The zero-order chi connectivity index (χ0) is 14.5. The van der Waals surface area contributed by atoms with Gasteiger partial charge in [-0.2, -0.15) is 0 Å². The van der Waals surface area contributed by atoms with Gasteiger partial charge >= 0.3 is 0 Å². The van der Waals surface area contributed by atoms with Gasteiger partial charge in [-0.1, -0.05) is 27.7 Å². The lowest BCUT2D eigenvalue weighted by Gasteiger charge is -2.35. The maximum atomic E-state index is 12.5. The van der Waals surface area contributed by atoms with Crippen LogP contribution < -0.4 is 5.32 Å². The lowest BCUT2D eigenvalue weighted by molar-refractivity contribution is -0.134. The molecule has 1 unspecified atom stereocenters. The summed E-state index contributed by atoms with van der Waals surface area (Å²) in [7, 11) is 0. The molecule has 0 aromatic carbocycles. The number of rotatable bonds is 5. The van der Waals surface area contributed by atoms with Crippen LogP contribution in [0.4, 0.5) is 0 Å². The van der Waals surface area contributed by atoms with E-state index in [-0.39, 0.29) is 0 Å². The zero-order valence-electron chi connectivity index (χ0n) is 13.5. The number of hydrogen-bond acceptors (Lipinski definition) is 2. The molecule has 19 heavy (non-hydrogen) atoms. The van der Waals surface area contributed by atoms with Gasteiger partial charge in [-0.25, -0.2) is 0 Å². The molecule has 1 aliphatic heterocycles. The first-order valence-corrected chi connectivity index (χ1v) is 7.83. The minimum absolute atomic E-state index is 0.311. The Labute approximate surface area is 119 Å². The summed E-state index contributed by atoms with van der Waals surface area (Å²) >= 11 is 0. The van der Waals surface area contributed by atoms with Crippen LogP contribution in [0.25, 0.3) is 0 Å². The van der Waals surface area contributed by atoms with Crippen molar-refractivity contribution in [2.75, 3.05) is 19.6 Å². The topological polar surface area (TPSA) is 32.3 Å². The number of nitrogens with zero attached hydrogens (tertiary/aromatic N) is 1. The summed E-state index contributed by atoms with van der Waals surface area (Å²) in [6, 6.07) is 0.459. The van der Waals surface area contributed by atoms with Crippen molar-refractivity contribution in [3.8, 4) is 0 Å². The van der Waals surface area contributed by atoms with Gasteiger partial charge in [0.1, 0.15) is 0 Å². The van der Waals surface area contributed by atoms with E-state index >= 15 is 0 Å². The van der Waals surface area contributed by atoms with Crippen molar-refractivity contribution in [1.29, 1.82) is 0 Å². The first-order valence-electron chi connectivity index (χ1n) is 7.83. The van der Waals surface area contributed by atoms with Gasteiger partial charge in [-0.3, -0.25) is 4.79 Å². The molecule has 1 amide bonds. The van der Waals surface area contributed by atoms with Crippen LogP contribution in [0.5, 0.6) is 0 Å². The molecule has 1 N–H and O–H groups in total. The largest absolute Gasteiger partial charge is 0.340 e. The lowest BCUT2D eigenvalue weighted by Crippen LogP contribution is -2.46. The van der Waals surface area contributed by atoms with Crippen molar-refractivity contribution in [3.63, 3.8) is 0 Å². The Morgan fingerprint density at radius 2 is 1.89 bits per heavy atom. The molecular weight excluding hydrogens is 236 g/mol. The Balaban J connectivity index is 2.49. The highest BCUT2D eigenvalue weighted by Gasteiger charge is 2.26. The minimum atomic E-state index is 0.311. The molecule has 1 saturated heterocycles. The Morgan fingerprint density at radius 3 is 2.37 bits per heavy atom. The van der Waals surface area contributed by atoms with Gasteiger partial charge < -0.3 is 10.2 Å². The van der Waals surface area contributed by atoms with E-state index in [1.807, 2.05) is 0 Å². The van der Waals surface area contributed by atoms with E-state index in [0.717, 1.165) is 38.9 Å². The van der Waals surface area contributed by atoms with E-state index in [0.29, 0.717) is 29.7 Å². The van der Waals surface area contributed by atoms with Crippen molar-refractivity contribution in [3.05, 3.63) is 0 Å². The third-order valence-corrected chi connectivity index (χ3v) is 3.89. The second-order valence-corrected chi connectivity index (χ2v) is 7.24. The molecule has 0 saturated carbocycles. The molecule has 1 fully saturated rings. The Bertz CT molecular complexity index is 277. The molecule has 0 bridgehead atoms. The number of piperidine rings is 1. The molecule has 0 aromatic heterocycles. The zero-order valence-corrected chi connectivity index (χ0v) is 13.5. The lowest BCUT2D eigenvalue weighted by atomic mass is 9.84. The van der Waals surface area contributed by atoms with E-state index in [4.69, 9.17) is 0 Å². The Hall–Kier alpha value is -0.570. The number of carbonyl (C=O) groups is 1. The fourth-order valence-electron chi connectivity index (χ4n) is 3.29. The van der Waals surface area contributed by atoms with Gasteiger partial charge in [0, 0.05) is 19.0 Å². The fraction of sp³-hybridized carbons (Fsp3) is 0.938. The predicted molar refractivity (Wildman–Crippen MR) is 81.1 cm³/mol. The molecule has 3 nitrogen and oxygen atoms in total. The summed E-state index contributed by atoms with van der Waals surface area (Å²) in [6.07, 6.45) is 4.03. The average Bonchev–Trinajstić information content (AvgIpc) is 2.28. The maximum Gasteiger partial charge on any atom is 0.223 e. The third-order valence-electron chi connectivity index (χ3n) is 3.89. The van der Waals surface area contributed by atoms with Crippen LogP contribution >= 0.6 is 0 Å². The molecule has 0 radical (unpaired) electrons. The fourth-order valence-corrected chi connectivity index (χ4v) is 3.29. The Kier molecular flexibility index (Phi) is 6.31. The molecule has 112 valence electrons. The van der Waals surface area contributed by atoms with Gasteiger partial charge in [-0.05, 0) is 50.6 Å². The van der Waals surface area contributed by atoms with Gasteiger partial charge in [0.05, 0.1) is 0 Å². The van der Waals surface area contributed by atoms with Crippen LogP contribution in [-0.4, -0.2) is 36.5 Å². The standard InChI is InChI=1S/C16H32N2O/c1-6-18(14-7-9-17-10-8-14)15(19)11-13(2)12-16(3,4)5/h13-14,17H,6-12H2,1-5H3. The third kappa shape index (κ3) is 5.94. The molecule has 1 atom stereocenters. The van der Waals surface area contributed by atoms with Crippen LogP contribution in [0.1, 0.15) is 60.3 Å². The molecule has 1 heterocycles. The van der Waals surface area contributed by atoms with E-state index < -0.39 is 0 Å².